The minimum Gasteiger partial charge on any atom is -0.408 e. The summed E-state index contributed by atoms with van der Waals surface area (Å²) in [6.45, 7) is -0.0189. The maximum Gasteiger partial charge on any atom is 0.435 e. The van der Waals surface area contributed by atoms with Crippen LogP contribution in [0.3, 0.4) is 0 Å². The number of hydrogen-bond donors (Lipinski definition) is 1. The molecule has 1 aliphatic rings. The average molecular weight is 394 g/mol. The van der Waals surface area contributed by atoms with Crippen molar-refractivity contribution in [2.75, 3.05) is 6.54 Å². The van der Waals surface area contributed by atoms with Gasteiger partial charge in [-0.3, -0.25) is 14.0 Å². The van der Waals surface area contributed by atoms with Crippen LogP contribution in [0.4, 0.5) is 13.2 Å². The summed E-state index contributed by atoms with van der Waals surface area (Å²) in [4.78, 5) is 24.1. The molecule has 1 saturated carbocycles. The number of aromatic nitrogens is 3. The van der Waals surface area contributed by atoms with E-state index in [0.717, 1.165) is 18.9 Å². The summed E-state index contributed by atoms with van der Waals surface area (Å²) in [5, 5.41) is 6.25. The van der Waals surface area contributed by atoms with Crippen LogP contribution in [0.25, 0.3) is 11.1 Å². The standard InChI is InChI=1S/C18H17F3N4O3/c19-18(20,21)15-9-13(11-5-6-11)25(23-15)8-7-22-16(26)10-24-12-3-1-2-4-14(12)28-17(24)27/h1-4,9,11H,5-8,10H2,(H,22,26). The highest BCUT2D eigenvalue weighted by atomic mass is 19.4. The molecule has 0 spiro atoms. The fraction of sp³-hybridized carbons (Fsp3) is 0.389. The Morgan fingerprint density at radius 3 is 2.75 bits per heavy atom. The van der Waals surface area contributed by atoms with Crippen molar-refractivity contribution >= 4 is 17.0 Å². The van der Waals surface area contributed by atoms with Gasteiger partial charge in [0.05, 0.1) is 12.1 Å². The molecule has 1 amide bonds. The Kier molecular flexibility index (Phi) is 4.48. The molecule has 2 heterocycles. The Labute approximate surface area is 156 Å². The number of amides is 1. The lowest BCUT2D eigenvalue weighted by molar-refractivity contribution is -0.141. The first-order valence-electron chi connectivity index (χ1n) is 8.83. The lowest BCUT2D eigenvalue weighted by Gasteiger charge is -2.09. The Balaban J connectivity index is 1.40. The molecule has 28 heavy (non-hydrogen) atoms. The van der Waals surface area contributed by atoms with Gasteiger partial charge in [-0.15, -0.1) is 0 Å². The Morgan fingerprint density at radius 1 is 1.29 bits per heavy atom. The van der Waals surface area contributed by atoms with Crippen LogP contribution in [-0.2, 0) is 24.1 Å². The molecule has 1 aromatic carbocycles. The zero-order chi connectivity index (χ0) is 19.9. The molecule has 4 rings (SSSR count). The SMILES string of the molecule is O=C(Cn1c(=O)oc2ccccc21)NCCn1nc(C(F)(F)F)cc1C1CC1. The molecular formula is C18H17F3N4O3. The molecule has 0 saturated heterocycles. The van der Waals surface area contributed by atoms with Crippen molar-refractivity contribution in [2.24, 2.45) is 0 Å². The zero-order valence-electron chi connectivity index (χ0n) is 14.7. The molecule has 1 N–H and O–H groups in total. The molecule has 0 radical (unpaired) electrons. The molecule has 7 nitrogen and oxygen atoms in total. The molecule has 3 aromatic rings. The van der Waals surface area contributed by atoms with Crippen LogP contribution in [0, 0.1) is 0 Å². The van der Waals surface area contributed by atoms with Gasteiger partial charge in [0.15, 0.2) is 11.3 Å². The van der Waals surface area contributed by atoms with Gasteiger partial charge in [0, 0.05) is 18.2 Å². The topological polar surface area (TPSA) is 82.1 Å². The summed E-state index contributed by atoms with van der Waals surface area (Å²) in [5.41, 5.74) is 0.502. The highest BCUT2D eigenvalue weighted by molar-refractivity contribution is 5.79. The lowest BCUT2D eigenvalue weighted by atomic mass is 10.2. The summed E-state index contributed by atoms with van der Waals surface area (Å²) < 4.78 is 46.3. The summed E-state index contributed by atoms with van der Waals surface area (Å²) >= 11 is 0. The highest BCUT2D eigenvalue weighted by Crippen LogP contribution is 2.42. The van der Waals surface area contributed by atoms with Crippen molar-refractivity contribution in [1.29, 1.82) is 0 Å². The Morgan fingerprint density at radius 2 is 2.04 bits per heavy atom. The molecule has 1 fully saturated rings. The number of fused-ring (bicyclic) bond motifs is 1. The Bertz CT molecular complexity index is 1080. The second-order valence-corrected chi connectivity index (χ2v) is 6.72. The molecule has 0 aliphatic heterocycles. The van der Waals surface area contributed by atoms with Gasteiger partial charge in [0.2, 0.25) is 5.91 Å². The van der Waals surface area contributed by atoms with Gasteiger partial charge in [0.25, 0.3) is 0 Å². The maximum atomic E-state index is 12.9. The monoisotopic (exact) mass is 394 g/mol. The molecule has 0 bridgehead atoms. The molecule has 0 atom stereocenters. The number of halogens is 3. The van der Waals surface area contributed by atoms with E-state index in [9.17, 15) is 22.8 Å². The summed E-state index contributed by atoms with van der Waals surface area (Å²) in [7, 11) is 0. The first-order valence-corrected chi connectivity index (χ1v) is 8.83. The van der Waals surface area contributed by atoms with Crippen molar-refractivity contribution in [3.05, 3.63) is 52.3 Å². The number of hydrogen-bond acceptors (Lipinski definition) is 4. The van der Waals surface area contributed by atoms with Gasteiger partial charge >= 0.3 is 11.9 Å². The number of carbonyl (C=O) groups is 1. The number of para-hydroxylation sites is 2. The van der Waals surface area contributed by atoms with E-state index in [1.165, 1.54) is 9.25 Å². The van der Waals surface area contributed by atoms with Crippen LogP contribution in [-0.4, -0.2) is 26.8 Å². The number of oxazole rings is 1. The van der Waals surface area contributed by atoms with Crippen molar-refractivity contribution in [3.8, 4) is 0 Å². The van der Waals surface area contributed by atoms with Crippen LogP contribution in [0.5, 0.6) is 0 Å². The fourth-order valence-corrected chi connectivity index (χ4v) is 3.12. The minimum atomic E-state index is -4.50. The van der Waals surface area contributed by atoms with Crippen molar-refractivity contribution < 1.29 is 22.4 Å². The van der Waals surface area contributed by atoms with Crippen molar-refractivity contribution in [2.45, 2.75) is 38.0 Å². The highest BCUT2D eigenvalue weighted by Gasteiger charge is 2.37. The van der Waals surface area contributed by atoms with Gasteiger partial charge in [-0.25, -0.2) is 4.79 Å². The van der Waals surface area contributed by atoms with E-state index in [4.69, 9.17) is 4.42 Å². The van der Waals surface area contributed by atoms with Gasteiger partial charge < -0.3 is 9.73 Å². The largest absolute Gasteiger partial charge is 0.435 e. The molecule has 0 unspecified atom stereocenters. The summed E-state index contributed by atoms with van der Waals surface area (Å²) in [5.74, 6) is -0.991. The van der Waals surface area contributed by atoms with Gasteiger partial charge in [-0.2, -0.15) is 18.3 Å². The Hall–Kier alpha value is -3.04. The van der Waals surface area contributed by atoms with E-state index in [1.54, 1.807) is 24.3 Å². The quantitative estimate of drug-likeness (QED) is 0.697. The number of rotatable bonds is 6. The third-order valence-electron chi connectivity index (χ3n) is 4.62. The number of alkyl halides is 3. The van der Waals surface area contributed by atoms with Crippen LogP contribution < -0.4 is 11.1 Å². The average Bonchev–Trinajstić information content (AvgIpc) is 3.31. The van der Waals surface area contributed by atoms with Gasteiger partial charge in [-0.1, -0.05) is 12.1 Å². The van der Waals surface area contributed by atoms with E-state index in [0.29, 0.717) is 16.8 Å². The van der Waals surface area contributed by atoms with E-state index in [2.05, 4.69) is 10.4 Å². The van der Waals surface area contributed by atoms with Crippen molar-refractivity contribution in [3.63, 3.8) is 0 Å². The number of nitrogens with zero attached hydrogens (tertiary/aromatic N) is 3. The van der Waals surface area contributed by atoms with Crippen LogP contribution >= 0.6 is 0 Å². The summed E-state index contributed by atoms with van der Waals surface area (Å²) in [6.07, 6.45) is -2.82. The van der Waals surface area contributed by atoms with Crippen LogP contribution in [0.1, 0.15) is 30.1 Å². The number of carbonyl (C=O) groups excluding carboxylic acids is 1. The molecule has 148 valence electrons. The van der Waals surface area contributed by atoms with E-state index in [1.807, 2.05) is 0 Å². The molecule has 1 aliphatic carbocycles. The molecular weight excluding hydrogens is 377 g/mol. The second kappa shape index (κ2) is 6.84. The van der Waals surface area contributed by atoms with E-state index >= 15 is 0 Å². The third kappa shape index (κ3) is 3.67. The van der Waals surface area contributed by atoms with Crippen molar-refractivity contribution in [1.82, 2.24) is 19.7 Å². The smallest absolute Gasteiger partial charge is 0.408 e. The van der Waals surface area contributed by atoms with Gasteiger partial charge in [-0.05, 0) is 31.0 Å². The first-order chi connectivity index (χ1) is 13.3. The normalized spacial score (nSPS) is 14.5. The predicted molar refractivity (Wildman–Crippen MR) is 92.7 cm³/mol. The van der Waals surface area contributed by atoms with E-state index in [-0.39, 0.29) is 25.6 Å². The van der Waals surface area contributed by atoms with E-state index < -0.39 is 23.5 Å². The zero-order valence-corrected chi connectivity index (χ0v) is 14.7. The number of nitrogens with one attached hydrogen (secondary N) is 1. The summed E-state index contributed by atoms with van der Waals surface area (Å²) in [6, 6.07) is 7.81. The predicted octanol–water partition coefficient (Wildman–Crippen LogP) is 2.50. The first kappa shape index (κ1) is 18.3. The molecule has 10 heteroatoms. The van der Waals surface area contributed by atoms with Crippen LogP contribution in [0.2, 0.25) is 0 Å². The molecule has 2 aromatic heterocycles. The second-order valence-electron chi connectivity index (χ2n) is 6.72. The minimum absolute atomic E-state index is 0.0928. The number of benzene rings is 1. The lowest BCUT2D eigenvalue weighted by Crippen LogP contribution is -2.33. The fourth-order valence-electron chi connectivity index (χ4n) is 3.12. The third-order valence-corrected chi connectivity index (χ3v) is 4.62. The van der Waals surface area contributed by atoms with Crippen LogP contribution in [0.15, 0.2) is 39.5 Å². The maximum absolute atomic E-state index is 12.9. The van der Waals surface area contributed by atoms with Gasteiger partial charge in [0.1, 0.15) is 6.54 Å².